The molecule has 0 aliphatic carbocycles. The number of para-hydroxylation sites is 1. The summed E-state index contributed by atoms with van der Waals surface area (Å²) in [6, 6.07) is 7.92. The summed E-state index contributed by atoms with van der Waals surface area (Å²) < 4.78 is 7.71. The Morgan fingerprint density at radius 1 is 1.38 bits per heavy atom. The average molecular weight is 351 g/mol. The molecule has 1 amide bonds. The number of carbonyl (C=O) groups excluding carboxylic acids is 1. The van der Waals surface area contributed by atoms with Crippen LogP contribution in [0.25, 0.3) is 5.69 Å². The molecule has 1 aromatic carbocycles. The number of aromatic amines is 1. The summed E-state index contributed by atoms with van der Waals surface area (Å²) in [5.74, 6) is -0.177. The molecule has 3 heterocycles. The highest BCUT2D eigenvalue weighted by molar-refractivity contribution is 5.94. The Morgan fingerprint density at radius 2 is 2.23 bits per heavy atom. The number of fused-ring (bicyclic) bond motifs is 1. The molecule has 2 aromatic heterocycles. The van der Waals surface area contributed by atoms with Gasteiger partial charge in [0.2, 0.25) is 0 Å². The Balaban J connectivity index is 1.53. The standard InChI is InChI=1S/C19H21N5O2/c1-12-9-15-17(13(2)26-12)22-23-18(15)19(25)21-10-14-5-3-4-6-16(14)24-8-7-20-11-24/h3-8,11-13H,9-10H2,1-2H3,(H,21,25)(H,22,23)/t12-,13+/m1/s1. The first-order valence-corrected chi connectivity index (χ1v) is 8.70. The number of amides is 1. The summed E-state index contributed by atoms with van der Waals surface area (Å²) in [7, 11) is 0. The van der Waals surface area contributed by atoms with Gasteiger partial charge in [-0.05, 0) is 25.5 Å². The van der Waals surface area contributed by atoms with Crippen LogP contribution in [-0.2, 0) is 17.7 Å². The molecule has 7 nitrogen and oxygen atoms in total. The van der Waals surface area contributed by atoms with E-state index in [1.165, 1.54) is 0 Å². The number of benzene rings is 1. The van der Waals surface area contributed by atoms with Gasteiger partial charge in [-0.15, -0.1) is 0 Å². The minimum Gasteiger partial charge on any atom is -0.369 e. The fourth-order valence-electron chi connectivity index (χ4n) is 3.43. The van der Waals surface area contributed by atoms with Crippen LogP contribution in [0.15, 0.2) is 43.0 Å². The maximum absolute atomic E-state index is 12.7. The maximum atomic E-state index is 12.7. The van der Waals surface area contributed by atoms with E-state index in [-0.39, 0.29) is 18.1 Å². The minimum absolute atomic E-state index is 0.0728. The van der Waals surface area contributed by atoms with Crippen LogP contribution in [0.2, 0.25) is 0 Å². The number of hydrogen-bond donors (Lipinski definition) is 2. The number of H-pyrrole nitrogens is 1. The lowest BCUT2D eigenvalue weighted by molar-refractivity contribution is -0.00697. The van der Waals surface area contributed by atoms with E-state index < -0.39 is 0 Å². The lowest BCUT2D eigenvalue weighted by Gasteiger charge is -2.25. The molecule has 26 heavy (non-hydrogen) atoms. The first-order chi connectivity index (χ1) is 12.6. The van der Waals surface area contributed by atoms with Gasteiger partial charge in [-0.25, -0.2) is 4.98 Å². The molecule has 0 unspecified atom stereocenters. The van der Waals surface area contributed by atoms with Gasteiger partial charge in [-0.2, -0.15) is 5.10 Å². The minimum atomic E-state index is -0.177. The molecule has 0 saturated heterocycles. The summed E-state index contributed by atoms with van der Waals surface area (Å²) in [5.41, 5.74) is 4.31. The number of nitrogens with one attached hydrogen (secondary N) is 2. The highest BCUT2D eigenvalue weighted by atomic mass is 16.5. The number of nitrogens with zero attached hydrogens (tertiary/aromatic N) is 3. The summed E-state index contributed by atoms with van der Waals surface area (Å²) in [6.07, 6.45) is 6.04. The molecule has 0 bridgehead atoms. The SMILES string of the molecule is C[C@@H]1Cc2c(C(=O)NCc3ccccc3-n3ccnc3)n[nH]c2[C@H](C)O1. The Bertz CT molecular complexity index is 916. The van der Waals surface area contributed by atoms with Crippen LogP contribution < -0.4 is 5.32 Å². The summed E-state index contributed by atoms with van der Waals surface area (Å²) in [5, 5.41) is 10.2. The van der Waals surface area contributed by atoms with Gasteiger partial charge in [0, 0.05) is 30.9 Å². The van der Waals surface area contributed by atoms with Gasteiger partial charge in [0.05, 0.1) is 29.9 Å². The second kappa shape index (κ2) is 6.76. The number of imidazole rings is 1. The Hall–Kier alpha value is -2.93. The number of ether oxygens (including phenoxy) is 1. The lowest BCUT2D eigenvalue weighted by atomic mass is 9.99. The Morgan fingerprint density at radius 3 is 3.04 bits per heavy atom. The fraction of sp³-hybridized carbons (Fsp3) is 0.316. The number of hydrogen-bond acceptors (Lipinski definition) is 4. The van der Waals surface area contributed by atoms with E-state index in [0.29, 0.717) is 18.7 Å². The second-order valence-corrected chi connectivity index (χ2v) is 6.54. The van der Waals surface area contributed by atoms with Crippen molar-refractivity contribution in [2.75, 3.05) is 0 Å². The molecular weight excluding hydrogens is 330 g/mol. The van der Waals surface area contributed by atoms with Gasteiger partial charge in [-0.3, -0.25) is 9.89 Å². The van der Waals surface area contributed by atoms with Crippen molar-refractivity contribution in [2.24, 2.45) is 0 Å². The summed E-state index contributed by atoms with van der Waals surface area (Å²) in [6.45, 7) is 4.39. The van der Waals surface area contributed by atoms with E-state index in [1.807, 2.05) is 48.9 Å². The van der Waals surface area contributed by atoms with Gasteiger partial charge in [0.25, 0.3) is 5.91 Å². The molecule has 1 aliphatic heterocycles. The van der Waals surface area contributed by atoms with Crippen LogP contribution in [0.5, 0.6) is 0 Å². The van der Waals surface area contributed by atoms with E-state index in [4.69, 9.17) is 4.74 Å². The van der Waals surface area contributed by atoms with Crippen LogP contribution in [0, 0.1) is 0 Å². The van der Waals surface area contributed by atoms with Gasteiger partial charge >= 0.3 is 0 Å². The molecule has 0 radical (unpaired) electrons. The van der Waals surface area contributed by atoms with E-state index in [2.05, 4.69) is 20.5 Å². The lowest BCUT2D eigenvalue weighted by Crippen LogP contribution is -2.27. The van der Waals surface area contributed by atoms with Crippen molar-refractivity contribution in [3.63, 3.8) is 0 Å². The molecule has 134 valence electrons. The maximum Gasteiger partial charge on any atom is 0.272 e. The molecule has 0 spiro atoms. The van der Waals surface area contributed by atoms with Crippen molar-refractivity contribution in [3.8, 4) is 5.69 Å². The molecule has 7 heteroatoms. The molecule has 3 aromatic rings. The first kappa shape index (κ1) is 16.5. The largest absolute Gasteiger partial charge is 0.369 e. The Kier molecular flexibility index (Phi) is 4.30. The number of aromatic nitrogens is 4. The van der Waals surface area contributed by atoms with Gasteiger partial charge in [-0.1, -0.05) is 18.2 Å². The van der Waals surface area contributed by atoms with Crippen molar-refractivity contribution < 1.29 is 9.53 Å². The molecule has 0 fully saturated rings. The third-order valence-corrected chi connectivity index (χ3v) is 4.66. The van der Waals surface area contributed by atoms with Crippen LogP contribution in [0.3, 0.4) is 0 Å². The molecule has 2 atom stereocenters. The van der Waals surface area contributed by atoms with E-state index in [9.17, 15) is 4.79 Å². The van der Waals surface area contributed by atoms with Crippen molar-refractivity contribution in [1.29, 1.82) is 0 Å². The molecule has 4 rings (SSSR count). The van der Waals surface area contributed by atoms with Crippen LogP contribution >= 0.6 is 0 Å². The third-order valence-electron chi connectivity index (χ3n) is 4.66. The zero-order valence-corrected chi connectivity index (χ0v) is 14.8. The average Bonchev–Trinajstić information content (AvgIpc) is 3.29. The normalized spacial score (nSPS) is 19.2. The van der Waals surface area contributed by atoms with Gasteiger partial charge < -0.3 is 14.6 Å². The fourth-order valence-corrected chi connectivity index (χ4v) is 3.43. The predicted octanol–water partition coefficient (Wildman–Crippen LogP) is 2.55. The predicted molar refractivity (Wildman–Crippen MR) is 96.0 cm³/mol. The third kappa shape index (κ3) is 3.01. The first-order valence-electron chi connectivity index (χ1n) is 8.70. The van der Waals surface area contributed by atoms with Crippen molar-refractivity contribution in [2.45, 2.75) is 39.0 Å². The van der Waals surface area contributed by atoms with E-state index in [0.717, 1.165) is 22.5 Å². The molecule has 2 N–H and O–H groups in total. The van der Waals surface area contributed by atoms with E-state index >= 15 is 0 Å². The van der Waals surface area contributed by atoms with Crippen molar-refractivity contribution >= 4 is 5.91 Å². The van der Waals surface area contributed by atoms with E-state index in [1.54, 1.807) is 12.5 Å². The second-order valence-electron chi connectivity index (χ2n) is 6.54. The molecule has 1 aliphatic rings. The smallest absolute Gasteiger partial charge is 0.272 e. The number of carbonyl (C=O) groups is 1. The zero-order chi connectivity index (χ0) is 18.1. The van der Waals surface area contributed by atoms with Gasteiger partial charge in [0.15, 0.2) is 5.69 Å². The summed E-state index contributed by atoms with van der Waals surface area (Å²) >= 11 is 0. The van der Waals surface area contributed by atoms with Crippen molar-refractivity contribution in [1.82, 2.24) is 25.1 Å². The highest BCUT2D eigenvalue weighted by Gasteiger charge is 2.29. The number of rotatable bonds is 4. The summed E-state index contributed by atoms with van der Waals surface area (Å²) in [4.78, 5) is 16.8. The van der Waals surface area contributed by atoms with Crippen LogP contribution in [-0.4, -0.2) is 31.8 Å². The highest BCUT2D eigenvalue weighted by Crippen LogP contribution is 2.30. The monoisotopic (exact) mass is 351 g/mol. The zero-order valence-electron chi connectivity index (χ0n) is 14.8. The molecule has 0 saturated carbocycles. The van der Waals surface area contributed by atoms with Crippen LogP contribution in [0.4, 0.5) is 0 Å². The van der Waals surface area contributed by atoms with Crippen LogP contribution in [0.1, 0.15) is 47.3 Å². The molecular formula is C19H21N5O2. The quantitative estimate of drug-likeness (QED) is 0.756. The van der Waals surface area contributed by atoms with Gasteiger partial charge in [0.1, 0.15) is 0 Å². The topological polar surface area (TPSA) is 84.8 Å². The Labute approximate surface area is 151 Å². The van der Waals surface area contributed by atoms with Crippen molar-refractivity contribution in [3.05, 3.63) is 65.5 Å².